The topological polar surface area (TPSA) is 65.2 Å². The van der Waals surface area contributed by atoms with Crippen LogP contribution in [-0.4, -0.2) is 17.1 Å². The van der Waals surface area contributed by atoms with Gasteiger partial charge in [0.2, 0.25) is 0 Å². The van der Waals surface area contributed by atoms with E-state index >= 15 is 0 Å². The van der Waals surface area contributed by atoms with Crippen molar-refractivity contribution in [1.29, 1.82) is 0 Å². The van der Waals surface area contributed by atoms with Crippen molar-refractivity contribution < 1.29 is 31.5 Å². The number of rotatable bonds is 4. The second kappa shape index (κ2) is 7.26. The summed E-state index contributed by atoms with van der Waals surface area (Å²) in [5.74, 6) is -3.39. The van der Waals surface area contributed by atoms with E-state index in [2.05, 4.69) is 9.72 Å². The van der Waals surface area contributed by atoms with Crippen LogP contribution in [0.15, 0.2) is 54.7 Å². The van der Waals surface area contributed by atoms with E-state index in [1.165, 1.54) is 24.3 Å². The second-order valence-electron chi connectivity index (χ2n) is 5.62. The van der Waals surface area contributed by atoms with Gasteiger partial charge in [0, 0.05) is 23.4 Å². The molecular formula is C19H11F5N2O2. The highest BCUT2D eigenvalue weighted by Crippen LogP contribution is 2.36. The number of para-hydroxylation sites is 1. The van der Waals surface area contributed by atoms with Crippen molar-refractivity contribution in [3.05, 3.63) is 77.5 Å². The summed E-state index contributed by atoms with van der Waals surface area (Å²) < 4.78 is 68.9. The van der Waals surface area contributed by atoms with Crippen LogP contribution in [-0.2, 0) is 0 Å². The molecule has 0 unspecified atom stereocenters. The smallest absolute Gasteiger partial charge is 0.405 e. The maximum absolute atomic E-state index is 13.9. The lowest BCUT2D eigenvalue weighted by Gasteiger charge is -2.15. The Morgan fingerprint density at radius 2 is 1.71 bits per heavy atom. The quantitative estimate of drug-likeness (QED) is 0.513. The summed E-state index contributed by atoms with van der Waals surface area (Å²) in [4.78, 5) is 16.5. The van der Waals surface area contributed by atoms with Gasteiger partial charge in [-0.15, -0.1) is 13.2 Å². The Bertz CT molecular complexity index is 1050. The van der Waals surface area contributed by atoms with Gasteiger partial charge in [0.05, 0.1) is 16.9 Å². The highest BCUT2D eigenvalue weighted by molar-refractivity contribution is 6.13. The standard InChI is InChI=1S/C19H11F5N2O2/c20-10-5-6-11(14(21)9-10)18(27)13-7-8-26-17(16(13)25)12-3-1-2-4-15(12)28-19(22,23)24/h1-9H,25H2. The number of benzene rings is 2. The molecule has 0 saturated carbocycles. The first kappa shape index (κ1) is 19.3. The molecule has 1 heterocycles. The summed E-state index contributed by atoms with van der Waals surface area (Å²) in [5.41, 5.74) is 4.79. The Morgan fingerprint density at radius 3 is 2.39 bits per heavy atom. The zero-order valence-corrected chi connectivity index (χ0v) is 13.9. The van der Waals surface area contributed by atoms with E-state index in [9.17, 15) is 26.7 Å². The molecule has 0 aliphatic heterocycles. The molecule has 0 fully saturated rings. The number of carbonyl (C=O) groups excluding carboxylic acids is 1. The molecule has 2 N–H and O–H groups in total. The molecule has 0 radical (unpaired) electrons. The van der Waals surface area contributed by atoms with Crippen molar-refractivity contribution in [3.63, 3.8) is 0 Å². The largest absolute Gasteiger partial charge is 0.573 e. The molecule has 0 spiro atoms. The Balaban J connectivity index is 2.09. The zero-order chi connectivity index (χ0) is 20.5. The van der Waals surface area contributed by atoms with Crippen LogP contribution in [0, 0.1) is 11.6 Å². The zero-order valence-electron chi connectivity index (χ0n) is 13.9. The van der Waals surface area contributed by atoms with Crippen LogP contribution in [0.4, 0.5) is 27.6 Å². The number of carbonyl (C=O) groups is 1. The van der Waals surface area contributed by atoms with Gasteiger partial charge in [0.1, 0.15) is 17.4 Å². The summed E-state index contributed by atoms with van der Waals surface area (Å²) >= 11 is 0. The minimum Gasteiger partial charge on any atom is -0.405 e. The number of ketones is 1. The van der Waals surface area contributed by atoms with Gasteiger partial charge < -0.3 is 10.5 Å². The molecule has 3 aromatic rings. The highest BCUT2D eigenvalue weighted by atomic mass is 19.4. The summed E-state index contributed by atoms with van der Waals surface area (Å²) in [6, 6.07) is 8.70. The number of nitrogens with two attached hydrogens (primary N) is 1. The third-order valence-corrected chi connectivity index (χ3v) is 3.78. The minimum absolute atomic E-state index is 0.105. The molecule has 0 bridgehead atoms. The molecule has 4 nitrogen and oxygen atoms in total. The average molecular weight is 394 g/mol. The Hall–Kier alpha value is -3.49. The summed E-state index contributed by atoms with van der Waals surface area (Å²) in [6.45, 7) is 0. The number of hydrogen-bond acceptors (Lipinski definition) is 4. The predicted molar refractivity (Wildman–Crippen MR) is 90.6 cm³/mol. The minimum atomic E-state index is -4.95. The molecule has 144 valence electrons. The van der Waals surface area contributed by atoms with Gasteiger partial charge in [-0.1, -0.05) is 12.1 Å². The molecular weight excluding hydrogens is 383 g/mol. The van der Waals surface area contributed by atoms with Gasteiger partial charge in [-0.3, -0.25) is 9.78 Å². The Kier molecular flexibility index (Phi) is 5.00. The van der Waals surface area contributed by atoms with E-state index in [1.54, 1.807) is 0 Å². The van der Waals surface area contributed by atoms with Crippen molar-refractivity contribution in [2.75, 3.05) is 5.73 Å². The van der Waals surface area contributed by atoms with Crippen molar-refractivity contribution in [1.82, 2.24) is 4.98 Å². The van der Waals surface area contributed by atoms with Crippen LogP contribution < -0.4 is 10.5 Å². The van der Waals surface area contributed by atoms with Gasteiger partial charge in [0.25, 0.3) is 0 Å². The number of aromatic nitrogens is 1. The van der Waals surface area contributed by atoms with Crippen LogP contribution in [0.25, 0.3) is 11.3 Å². The number of alkyl halides is 3. The van der Waals surface area contributed by atoms with Crippen LogP contribution in [0.2, 0.25) is 0 Å². The lowest BCUT2D eigenvalue weighted by molar-refractivity contribution is -0.274. The number of nitrogen functional groups attached to an aromatic ring is 1. The van der Waals surface area contributed by atoms with Crippen molar-refractivity contribution in [2.45, 2.75) is 6.36 Å². The lowest BCUT2D eigenvalue weighted by Crippen LogP contribution is -2.18. The number of nitrogens with zero attached hydrogens (tertiary/aromatic N) is 1. The van der Waals surface area contributed by atoms with Crippen molar-refractivity contribution in [3.8, 4) is 17.0 Å². The molecule has 3 rings (SSSR count). The number of halogens is 5. The van der Waals surface area contributed by atoms with Crippen LogP contribution in [0.5, 0.6) is 5.75 Å². The van der Waals surface area contributed by atoms with Gasteiger partial charge >= 0.3 is 6.36 Å². The van der Waals surface area contributed by atoms with E-state index in [0.717, 1.165) is 24.4 Å². The third-order valence-electron chi connectivity index (χ3n) is 3.78. The average Bonchev–Trinajstić information content (AvgIpc) is 2.61. The number of anilines is 1. The van der Waals surface area contributed by atoms with Crippen LogP contribution in [0.3, 0.4) is 0 Å². The lowest BCUT2D eigenvalue weighted by atomic mass is 9.99. The fourth-order valence-electron chi connectivity index (χ4n) is 2.58. The Morgan fingerprint density at radius 1 is 1.00 bits per heavy atom. The van der Waals surface area contributed by atoms with E-state index < -0.39 is 35.1 Å². The fraction of sp³-hybridized carbons (Fsp3) is 0.0526. The first-order valence-electron chi connectivity index (χ1n) is 7.77. The first-order valence-corrected chi connectivity index (χ1v) is 7.77. The number of pyridine rings is 1. The van der Waals surface area contributed by atoms with Crippen molar-refractivity contribution in [2.24, 2.45) is 0 Å². The van der Waals surface area contributed by atoms with Crippen LogP contribution in [0.1, 0.15) is 15.9 Å². The van der Waals surface area contributed by atoms with Gasteiger partial charge in [-0.25, -0.2) is 8.78 Å². The summed E-state index contributed by atoms with van der Waals surface area (Å²) in [6.07, 6.45) is -3.81. The monoisotopic (exact) mass is 394 g/mol. The first-order chi connectivity index (χ1) is 13.2. The molecule has 1 aromatic heterocycles. The van der Waals surface area contributed by atoms with E-state index in [4.69, 9.17) is 5.73 Å². The van der Waals surface area contributed by atoms with Gasteiger partial charge in [0.15, 0.2) is 5.78 Å². The molecule has 28 heavy (non-hydrogen) atoms. The molecule has 9 heteroatoms. The number of ether oxygens (including phenoxy) is 1. The summed E-state index contributed by atoms with van der Waals surface area (Å²) in [7, 11) is 0. The van der Waals surface area contributed by atoms with E-state index in [0.29, 0.717) is 6.07 Å². The normalized spacial score (nSPS) is 11.3. The molecule has 0 aliphatic carbocycles. The predicted octanol–water partition coefficient (Wildman–Crippen LogP) is 4.74. The van der Waals surface area contributed by atoms with E-state index in [-0.39, 0.29) is 22.5 Å². The molecule has 0 atom stereocenters. The number of hydrogen-bond donors (Lipinski definition) is 1. The SMILES string of the molecule is Nc1c(C(=O)c2ccc(F)cc2F)ccnc1-c1ccccc1OC(F)(F)F. The van der Waals surface area contributed by atoms with E-state index in [1.807, 2.05) is 0 Å². The van der Waals surface area contributed by atoms with Crippen LogP contribution >= 0.6 is 0 Å². The maximum Gasteiger partial charge on any atom is 0.573 e. The van der Waals surface area contributed by atoms with Gasteiger partial charge in [-0.2, -0.15) is 0 Å². The molecule has 0 amide bonds. The molecule has 2 aromatic carbocycles. The third kappa shape index (κ3) is 3.93. The Labute approximate surface area is 155 Å². The maximum atomic E-state index is 13.9. The fourth-order valence-corrected chi connectivity index (χ4v) is 2.58. The second-order valence-corrected chi connectivity index (χ2v) is 5.62. The van der Waals surface area contributed by atoms with Gasteiger partial charge in [-0.05, 0) is 30.3 Å². The molecule has 0 aliphatic rings. The molecule has 0 saturated heterocycles. The summed E-state index contributed by atoms with van der Waals surface area (Å²) in [5, 5.41) is 0. The highest BCUT2D eigenvalue weighted by Gasteiger charge is 2.32. The van der Waals surface area contributed by atoms with Crippen molar-refractivity contribution >= 4 is 11.5 Å².